The molecule has 1 aromatic heterocycles. The average Bonchev–Trinajstić information content (AvgIpc) is 3.06. The Morgan fingerprint density at radius 3 is 2.88 bits per heavy atom. The van der Waals surface area contributed by atoms with Gasteiger partial charge in [-0.05, 0) is 42.6 Å². The topological polar surface area (TPSA) is 55.0 Å². The number of rotatable bonds is 4. The van der Waals surface area contributed by atoms with Crippen molar-refractivity contribution < 1.29 is 4.74 Å². The van der Waals surface area contributed by atoms with Crippen LogP contribution in [-0.2, 0) is 4.74 Å². The second-order valence-corrected chi connectivity index (χ2v) is 4.82. The largest absolute Gasteiger partial charge is 0.371 e. The van der Waals surface area contributed by atoms with Gasteiger partial charge >= 0.3 is 0 Å². The van der Waals surface area contributed by atoms with Crippen molar-refractivity contribution in [3.05, 3.63) is 26.3 Å². The molecular weight excluding hydrogens is 272 g/mol. The van der Waals surface area contributed by atoms with Gasteiger partial charge in [0.05, 0.1) is 5.69 Å². The van der Waals surface area contributed by atoms with E-state index in [-0.39, 0.29) is 11.7 Å². The van der Waals surface area contributed by atoms with Gasteiger partial charge in [0.15, 0.2) is 0 Å². The van der Waals surface area contributed by atoms with Crippen LogP contribution in [0.1, 0.15) is 50.2 Å². The van der Waals surface area contributed by atoms with E-state index in [0.29, 0.717) is 22.8 Å². The predicted molar refractivity (Wildman–Crippen MR) is 64.6 cm³/mol. The Bertz CT molecular complexity index is 440. The molecule has 1 N–H and O–H groups in total. The van der Waals surface area contributed by atoms with E-state index in [1.807, 2.05) is 13.8 Å². The van der Waals surface area contributed by atoms with E-state index in [2.05, 4.69) is 25.9 Å². The van der Waals surface area contributed by atoms with Crippen molar-refractivity contribution in [1.82, 2.24) is 9.97 Å². The second kappa shape index (κ2) is 4.67. The summed E-state index contributed by atoms with van der Waals surface area (Å²) in [5, 5.41) is 0. The highest BCUT2D eigenvalue weighted by molar-refractivity contribution is 9.10. The number of nitrogens with one attached hydrogen (secondary N) is 1. The zero-order chi connectivity index (χ0) is 11.7. The summed E-state index contributed by atoms with van der Waals surface area (Å²) in [7, 11) is 0. The first kappa shape index (κ1) is 11.8. The summed E-state index contributed by atoms with van der Waals surface area (Å²) in [6.07, 6.45) is 2.08. The van der Waals surface area contributed by atoms with Crippen LogP contribution in [-0.4, -0.2) is 16.6 Å². The van der Waals surface area contributed by atoms with Gasteiger partial charge in [0, 0.05) is 12.5 Å². The molecule has 0 bridgehead atoms. The molecule has 1 saturated carbocycles. The molecular formula is C11H15BrN2O2. The van der Waals surface area contributed by atoms with Crippen LogP contribution < -0.4 is 5.56 Å². The lowest BCUT2D eigenvalue weighted by molar-refractivity contribution is 0.0696. The Morgan fingerprint density at radius 1 is 1.62 bits per heavy atom. The van der Waals surface area contributed by atoms with Crippen LogP contribution in [0.4, 0.5) is 0 Å². The van der Waals surface area contributed by atoms with Gasteiger partial charge in [0.1, 0.15) is 16.4 Å². The standard InChI is InChI=1S/C11H15BrN2O2/c1-3-16-6(2)10-13-9(7-4-5-7)8(12)11(15)14-10/h6-7H,3-5H2,1-2H3,(H,13,14,15). The minimum Gasteiger partial charge on any atom is -0.371 e. The normalized spacial score (nSPS) is 17.4. The van der Waals surface area contributed by atoms with E-state index in [4.69, 9.17) is 4.74 Å². The Balaban J connectivity index is 2.36. The van der Waals surface area contributed by atoms with Gasteiger partial charge in [-0.3, -0.25) is 4.79 Å². The first-order chi connectivity index (χ1) is 7.63. The molecule has 0 spiro atoms. The van der Waals surface area contributed by atoms with Crippen LogP contribution in [0.3, 0.4) is 0 Å². The van der Waals surface area contributed by atoms with Gasteiger partial charge in [0.25, 0.3) is 5.56 Å². The van der Waals surface area contributed by atoms with Crippen molar-refractivity contribution in [3.8, 4) is 0 Å². The quantitative estimate of drug-likeness (QED) is 0.925. The molecule has 0 saturated heterocycles. The zero-order valence-corrected chi connectivity index (χ0v) is 11.0. The van der Waals surface area contributed by atoms with E-state index >= 15 is 0 Å². The average molecular weight is 287 g/mol. The van der Waals surface area contributed by atoms with Gasteiger partial charge in [-0.25, -0.2) is 4.98 Å². The third-order valence-corrected chi connectivity index (χ3v) is 3.44. The fraction of sp³-hybridized carbons (Fsp3) is 0.636. The third kappa shape index (κ3) is 2.35. The molecule has 1 aliphatic rings. The lowest BCUT2D eigenvalue weighted by Gasteiger charge is -2.12. The van der Waals surface area contributed by atoms with Crippen LogP contribution in [0.5, 0.6) is 0 Å². The van der Waals surface area contributed by atoms with E-state index in [0.717, 1.165) is 18.5 Å². The minimum atomic E-state index is -0.164. The number of hydrogen-bond donors (Lipinski definition) is 1. The molecule has 0 aliphatic heterocycles. The molecule has 4 nitrogen and oxygen atoms in total. The Kier molecular flexibility index (Phi) is 3.44. The maximum Gasteiger partial charge on any atom is 0.265 e. The monoisotopic (exact) mass is 286 g/mol. The van der Waals surface area contributed by atoms with Crippen LogP contribution in [0.15, 0.2) is 9.27 Å². The number of halogens is 1. The fourth-order valence-electron chi connectivity index (χ4n) is 1.64. The lowest BCUT2D eigenvalue weighted by Crippen LogP contribution is -2.18. The molecule has 0 aromatic carbocycles. The molecule has 88 valence electrons. The zero-order valence-electron chi connectivity index (χ0n) is 9.42. The fourth-order valence-corrected chi connectivity index (χ4v) is 2.15. The van der Waals surface area contributed by atoms with E-state index in [1.165, 1.54) is 0 Å². The summed E-state index contributed by atoms with van der Waals surface area (Å²) in [6.45, 7) is 4.43. The molecule has 2 rings (SSSR count). The number of ether oxygens (including phenoxy) is 1. The molecule has 1 fully saturated rings. The van der Waals surface area contributed by atoms with Gasteiger partial charge in [-0.1, -0.05) is 0 Å². The molecule has 0 radical (unpaired) electrons. The van der Waals surface area contributed by atoms with E-state index in [1.54, 1.807) is 0 Å². The second-order valence-electron chi connectivity index (χ2n) is 4.02. The number of H-pyrrole nitrogens is 1. The maximum absolute atomic E-state index is 11.7. The van der Waals surface area contributed by atoms with Crippen molar-refractivity contribution in [2.75, 3.05) is 6.61 Å². The highest BCUT2D eigenvalue weighted by Crippen LogP contribution is 2.41. The molecule has 1 heterocycles. The van der Waals surface area contributed by atoms with Crippen molar-refractivity contribution in [2.45, 2.75) is 38.7 Å². The highest BCUT2D eigenvalue weighted by Gasteiger charge is 2.29. The Morgan fingerprint density at radius 2 is 2.31 bits per heavy atom. The van der Waals surface area contributed by atoms with Crippen LogP contribution in [0.2, 0.25) is 0 Å². The maximum atomic E-state index is 11.7. The Hall–Kier alpha value is -0.680. The summed E-state index contributed by atoms with van der Waals surface area (Å²) >= 11 is 3.30. The number of nitrogens with zero attached hydrogens (tertiary/aromatic N) is 1. The SMILES string of the molecule is CCOC(C)c1nc(C2CC2)c(Br)c(=O)[nH]1. The number of aromatic amines is 1. The molecule has 5 heteroatoms. The summed E-state index contributed by atoms with van der Waals surface area (Å²) in [6, 6.07) is 0. The van der Waals surface area contributed by atoms with Gasteiger partial charge in [0.2, 0.25) is 0 Å². The van der Waals surface area contributed by atoms with Gasteiger partial charge < -0.3 is 9.72 Å². The summed E-state index contributed by atoms with van der Waals surface area (Å²) < 4.78 is 6.00. The summed E-state index contributed by atoms with van der Waals surface area (Å²) in [5.74, 6) is 1.07. The van der Waals surface area contributed by atoms with Crippen LogP contribution in [0.25, 0.3) is 0 Å². The van der Waals surface area contributed by atoms with Crippen molar-refractivity contribution in [2.24, 2.45) is 0 Å². The number of aromatic nitrogens is 2. The minimum absolute atomic E-state index is 0.113. The summed E-state index contributed by atoms with van der Waals surface area (Å²) in [4.78, 5) is 18.9. The number of hydrogen-bond acceptors (Lipinski definition) is 3. The molecule has 1 aromatic rings. The predicted octanol–water partition coefficient (Wildman–Crippen LogP) is 2.51. The van der Waals surface area contributed by atoms with Crippen LogP contribution >= 0.6 is 15.9 Å². The van der Waals surface area contributed by atoms with E-state index < -0.39 is 0 Å². The van der Waals surface area contributed by atoms with Crippen LogP contribution in [0, 0.1) is 0 Å². The van der Waals surface area contributed by atoms with Gasteiger partial charge in [-0.15, -0.1) is 0 Å². The smallest absolute Gasteiger partial charge is 0.265 e. The lowest BCUT2D eigenvalue weighted by atomic mass is 10.2. The molecule has 1 unspecified atom stereocenters. The van der Waals surface area contributed by atoms with Gasteiger partial charge in [-0.2, -0.15) is 0 Å². The van der Waals surface area contributed by atoms with Crippen molar-refractivity contribution >= 4 is 15.9 Å². The molecule has 0 amide bonds. The summed E-state index contributed by atoms with van der Waals surface area (Å²) in [5.41, 5.74) is 0.767. The Labute approximate surface area is 103 Å². The van der Waals surface area contributed by atoms with Crippen molar-refractivity contribution in [3.63, 3.8) is 0 Å². The third-order valence-electron chi connectivity index (χ3n) is 2.67. The van der Waals surface area contributed by atoms with E-state index in [9.17, 15) is 4.79 Å². The molecule has 1 aliphatic carbocycles. The van der Waals surface area contributed by atoms with Crippen molar-refractivity contribution in [1.29, 1.82) is 0 Å². The highest BCUT2D eigenvalue weighted by atomic mass is 79.9. The molecule has 1 atom stereocenters. The molecule has 16 heavy (non-hydrogen) atoms. The first-order valence-corrected chi connectivity index (χ1v) is 6.34. The first-order valence-electron chi connectivity index (χ1n) is 5.54.